The normalized spacial score (nSPS) is 20.6. The van der Waals surface area contributed by atoms with Crippen molar-refractivity contribution < 1.29 is 5.21 Å². The Labute approximate surface area is 114 Å². The van der Waals surface area contributed by atoms with Crippen LogP contribution in [-0.4, -0.2) is 29.2 Å². The van der Waals surface area contributed by atoms with E-state index < -0.39 is 0 Å². The van der Waals surface area contributed by atoms with Crippen LogP contribution < -0.4 is 5.48 Å². The van der Waals surface area contributed by atoms with Gasteiger partial charge in [-0.2, -0.15) is 0 Å². The first-order valence-corrected chi connectivity index (χ1v) is 6.99. The van der Waals surface area contributed by atoms with Crippen LogP contribution in [0, 0.1) is 0 Å². The van der Waals surface area contributed by atoms with Crippen LogP contribution in [0.1, 0.15) is 37.8 Å². The topological polar surface area (TPSA) is 35.5 Å². The standard InChI is InChI=1S/C14H21ClN2O/c1-11(16-18)14(17-9-3-2-4-10-17)12-5-7-13(15)8-6-12/h5-8,11,14,16,18H,2-4,9-10H2,1H3/t11-,14?/m1/s1. The van der Waals surface area contributed by atoms with Gasteiger partial charge < -0.3 is 5.21 Å². The zero-order valence-electron chi connectivity index (χ0n) is 10.8. The Balaban J connectivity index is 2.20. The van der Waals surface area contributed by atoms with Crippen molar-refractivity contribution in [2.24, 2.45) is 0 Å². The fourth-order valence-corrected chi connectivity index (χ4v) is 2.87. The Bertz CT molecular complexity index is 363. The molecule has 0 radical (unpaired) electrons. The van der Waals surface area contributed by atoms with E-state index >= 15 is 0 Å². The third-order valence-corrected chi connectivity index (χ3v) is 3.92. The number of benzene rings is 1. The highest BCUT2D eigenvalue weighted by Gasteiger charge is 2.26. The SMILES string of the molecule is C[C@@H](NO)C(c1ccc(Cl)cc1)N1CCCCC1. The Morgan fingerprint density at radius 3 is 2.33 bits per heavy atom. The van der Waals surface area contributed by atoms with Crippen LogP contribution in [-0.2, 0) is 0 Å². The van der Waals surface area contributed by atoms with Crippen LogP contribution in [0.3, 0.4) is 0 Å². The van der Waals surface area contributed by atoms with E-state index in [0.717, 1.165) is 18.1 Å². The van der Waals surface area contributed by atoms with Crippen molar-refractivity contribution in [1.82, 2.24) is 10.4 Å². The van der Waals surface area contributed by atoms with E-state index in [9.17, 15) is 5.21 Å². The number of halogens is 1. The van der Waals surface area contributed by atoms with Crippen molar-refractivity contribution in [2.75, 3.05) is 13.1 Å². The summed E-state index contributed by atoms with van der Waals surface area (Å²) in [5.41, 5.74) is 3.60. The predicted octanol–water partition coefficient (Wildman–Crippen LogP) is 3.23. The lowest BCUT2D eigenvalue weighted by Gasteiger charge is -2.37. The molecule has 1 heterocycles. The van der Waals surface area contributed by atoms with Gasteiger partial charge in [0.25, 0.3) is 0 Å². The molecule has 3 nitrogen and oxygen atoms in total. The van der Waals surface area contributed by atoms with Gasteiger partial charge in [-0.15, -0.1) is 0 Å². The lowest BCUT2D eigenvalue weighted by Crippen LogP contribution is -2.43. The van der Waals surface area contributed by atoms with Gasteiger partial charge in [0.05, 0.1) is 6.04 Å². The summed E-state index contributed by atoms with van der Waals surface area (Å²) in [4.78, 5) is 2.45. The lowest BCUT2D eigenvalue weighted by molar-refractivity contribution is 0.0589. The van der Waals surface area contributed by atoms with Gasteiger partial charge in [-0.25, -0.2) is 5.48 Å². The number of hydrogen-bond acceptors (Lipinski definition) is 3. The Hall–Kier alpha value is -0.610. The first-order valence-electron chi connectivity index (χ1n) is 6.61. The lowest BCUT2D eigenvalue weighted by atomic mass is 9.96. The number of rotatable bonds is 4. The second-order valence-corrected chi connectivity index (χ2v) is 5.45. The van der Waals surface area contributed by atoms with Crippen molar-refractivity contribution in [3.8, 4) is 0 Å². The minimum atomic E-state index is 0.00396. The highest BCUT2D eigenvalue weighted by atomic mass is 35.5. The predicted molar refractivity (Wildman–Crippen MR) is 74.0 cm³/mol. The van der Waals surface area contributed by atoms with E-state index in [1.165, 1.54) is 24.8 Å². The Morgan fingerprint density at radius 1 is 1.17 bits per heavy atom. The molecule has 4 heteroatoms. The first-order chi connectivity index (χ1) is 8.72. The molecule has 2 atom stereocenters. The molecule has 0 bridgehead atoms. The second-order valence-electron chi connectivity index (χ2n) is 5.01. The van der Waals surface area contributed by atoms with Gasteiger partial charge >= 0.3 is 0 Å². The van der Waals surface area contributed by atoms with Crippen LogP contribution in [0.2, 0.25) is 5.02 Å². The fraction of sp³-hybridized carbons (Fsp3) is 0.571. The third-order valence-electron chi connectivity index (χ3n) is 3.67. The van der Waals surface area contributed by atoms with E-state index in [-0.39, 0.29) is 12.1 Å². The van der Waals surface area contributed by atoms with Crippen LogP contribution in [0.5, 0.6) is 0 Å². The van der Waals surface area contributed by atoms with Gasteiger partial charge in [0.2, 0.25) is 0 Å². The molecule has 1 aliphatic rings. The highest BCUT2D eigenvalue weighted by Crippen LogP contribution is 2.28. The van der Waals surface area contributed by atoms with Gasteiger partial charge in [0, 0.05) is 11.1 Å². The molecule has 0 aliphatic carbocycles. The molecule has 0 saturated carbocycles. The zero-order valence-corrected chi connectivity index (χ0v) is 11.5. The molecule has 100 valence electrons. The average molecular weight is 269 g/mol. The Kier molecular flexibility index (Phi) is 5.01. The smallest absolute Gasteiger partial charge is 0.0521 e. The molecule has 0 aromatic heterocycles. The molecule has 0 amide bonds. The minimum Gasteiger partial charge on any atom is -0.316 e. The van der Waals surface area contributed by atoms with Crippen LogP contribution in [0.15, 0.2) is 24.3 Å². The molecule has 2 rings (SSSR count). The number of hydrogen-bond donors (Lipinski definition) is 2. The van der Waals surface area contributed by atoms with Gasteiger partial charge in [0.15, 0.2) is 0 Å². The maximum absolute atomic E-state index is 9.25. The van der Waals surface area contributed by atoms with Crippen molar-refractivity contribution in [2.45, 2.75) is 38.3 Å². The monoisotopic (exact) mass is 268 g/mol. The molecule has 1 aliphatic heterocycles. The zero-order chi connectivity index (χ0) is 13.0. The second kappa shape index (κ2) is 6.53. The molecule has 18 heavy (non-hydrogen) atoms. The average Bonchev–Trinajstić information content (AvgIpc) is 2.42. The van der Waals surface area contributed by atoms with Crippen molar-refractivity contribution >= 4 is 11.6 Å². The fourth-order valence-electron chi connectivity index (χ4n) is 2.74. The van der Waals surface area contributed by atoms with Crippen LogP contribution in [0.4, 0.5) is 0 Å². The first kappa shape index (κ1) is 13.8. The van der Waals surface area contributed by atoms with Gasteiger partial charge in [-0.1, -0.05) is 30.2 Å². The Morgan fingerprint density at radius 2 is 1.78 bits per heavy atom. The molecular formula is C14H21ClN2O. The van der Waals surface area contributed by atoms with Crippen molar-refractivity contribution in [3.63, 3.8) is 0 Å². The van der Waals surface area contributed by atoms with E-state index in [2.05, 4.69) is 22.5 Å². The minimum absolute atomic E-state index is 0.00396. The molecule has 1 fully saturated rings. The molecular weight excluding hydrogens is 248 g/mol. The molecule has 2 N–H and O–H groups in total. The third kappa shape index (κ3) is 3.23. The number of hydroxylamine groups is 1. The number of nitrogens with one attached hydrogen (secondary N) is 1. The van der Waals surface area contributed by atoms with E-state index in [0.29, 0.717) is 0 Å². The molecule has 1 saturated heterocycles. The molecule has 1 aromatic rings. The van der Waals surface area contributed by atoms with Gasteiger partial charge in [0.1, 0.15) is 0 Å². The molecule has 1 aromatic carbocycles. The number of likely N-dealkylation sites (tertiary alicyclic amines) is 1. The van der Waals surface area contributed by atoms with Crippen LogP contribution >= 0.6 is 11.6 Å². The molecule has 1 unspecified atom stereocenters. The summed E-state index contributed by atoms with van der Waals surface area (Å²) in [6.07, 6.45) is 3.79. The highest BCUT2D eigenvalue weighted by molar-refractivity contribution is 6.30. The van der Waals surface area contributed by atoms with E-state index in [1.54, 1.807) is 0 Å². The maximum Gasteiger partial charge on any atom is 0.0521 e. The summed E-state index contributed by atoms with van der Waals surface area (Å²) in [5.74, 6) is 0. The summed E-state index contributed by atoms with van der Waals surface area (Å²) in [6.45, 7) is 4.20. The summed E-state index contributed by atoms with van der Waals surface area (Å²) < 4.78 is 0. The summed E-state index contributed by atoms with van der Waals surface area (Å²) in [7, 11) is 0. The van der Waals surface area contributed by atoms with E-state index in [1.807, 2.05) is 19.1 Å². The number of nitrogens with zero attached hydrogens (tertiary/aromatic N) is 1. The number of piperidine rings is 1. The summed E-state index contributed by atoms with van der Waals surface area (Å²) >= 11 is 5.94. The van der Waals surface area contributed by atoms with Crippen molar-refractivity contribution in [1.29, 1.82) is 0 Å². The maximum atomic E-state index is 9.25. The van der Waals surface area contributed by atoms with Crippen molar-refractivity contribution in [3.05, 3.63) is 34.9 Å². The quantitative estimate of drug-likeness (QED) is 0.823. The van der Waals surface area contributed by atoms with Gasteiger partial charge in [-0.3, -0.25) is 4.90 Å². The summed E-state index contributed by atoms with van der Waals surface area (Å²) in [5, 5.41) is 10.00. The van der Waals surface area contributed by atoms with Gasteiger partial charge in [-0.05, 0) is 50.6 Å². The molecule has 0 spiro atoms. The van der Waals surface area contributed by atoms with E-state index in [4.69, 9.17) is 11.6 Å². The van der Waals surface area contributed by atoms with Crippen LogP contribution in [0.25, 0.3) is 0 Å². The summed E-state index contributed by atoms with van der Waals surface area (Å²) in [6, 6.07) is 8.14. The largest absolute Gasteiger partial charge is 0.316 e.